The van der Waals surface area contributed by atoms with E-state index < -0.39 is 11.9 Å². The van der Waals surface area contributed by atoms with Crippen LogP contribution in [0.1, 0.15) is 17.5 Å². The summed E-state index contributed by atoms with van der Waals surface area (Å²) in [7, 11) is 0. The number of carbonyl (C=O) groups is 2. The molecule has 0 bridgehead atoms. The highest BCUT2D eigenvalue weighted by Crippen LogP contribution is 2.28. The summed E-state index contributed by atoms with van der Waals surface area (Å²) in [4.78, 5) is 24.2. The number of rotatable bonds is 3. The zero-order chi connectivity index (χ0) is 13.3. The number of aliphatic carboxylic acids is 1. The molecular formula is C13H15NO4. The van der Waals surface area contributed by atoms with E-state index in [1.807, 2.05) is 13.0 Å². The van der Waals surface area contributed by atoms with E-state index in [-0.39, 0.29) is 25.5 Å². The van der Waals surface area contributed by atoms with Crippen LogP contribution in [0.3, 0.4) is 0 Å². The molecule has 1 amide bonds. The smallest absolute Gasteiger partial charge is 0.308 e. The van der Waals surface area contributed by atoms with Crippen molar-refractivity contribution >= 4 is 17.6 Å². The summed E-state index contributed by atoms with van der Waals surface area (Å²) in [5.41, 5.74) is 2.30. The largest absolute Gasteiger partial charge is 0.481 e. The number of nitrogens with zero attached hydrogens (tertiary/aromatic N) is 1. The molecule has 2 N–H and O–H groups in total. The summed E-state index contributed by atoms with van der Waals surface area (Å²) in [6.07, 6.45) is 0.0398. The van der Waals surface area contributed by atoms with E-state index in [4.69, 9.17) is 10.2 Å². The topological polar surface area (TPSA) is 77.8 Å². The lowest BCUT2D eigenvalue weighted by molar-refractivity contribution is -0.141. The van der Waals surface area contributed by atoms with Gasteiger partial charge in [-0.15, -0.1) is 0 Å². The van der Waals surface area contributed by atoms with E-state index in [2.05, 4.69) is 0 Å². The normalized spacial score (nSPS) is 19.3. The van der Waals surface area contributed by atoms with Crippen molar-refractivity contribution < 1.29 is 19.8 Å². The Bertz CT molecular complexity index is 498. The van der Waals surface area contributed by atoms with Gasteiger partial charge in [-0.05, 0) is 24.1 Å². The Morgan fingerprint density at radius 2 is 2.22 bits per heavy atom. The molecule has 0 spiro atoms. The number of carbonyl (C=O) groups excluding carboxylic acids is 1. The molecule has 0 aromatic heterocycles. The molecule has 0 aliphatic carbocycles. The van der Waals surface area contributed by atoms with Crippen LogP contribution in [0.4, 0.5) is 5.69 Å². The fourth-order valence-electron chi connectivity index (χ4n) is 2.15. The number of aryl methyl sites for hydroxylation is 1. The first-order valence-corrected chi connectivity index (χ1v) is 5.76. The molecule has 1 unspecified atom stereocenters. The number of carboxylic acids is 1. The van der Waals surface area contributed by atoms with Gasteiger partial charge in [-0.3, -0.25) is 9.59 Å². The molecule has 1 saturated heterocycles. The van der Waals surface area contributed by atoms with Gasteiger partial charge >= 0.3 is 5.97 Å². The molecule has 5 heteroatoms. The Labute approximate surface area is 105 Å². The van der Waals surface area contributed by atoms with E-state index >= 15 is 0 Å². The Balaban J connectivity index is 2.32. The Morgan fingerprint density at radius 3 is 2.78 bits per heavy atom. The van der Waals surface area contributed by atoms with Gasteiger partial charge in [-0.1, -0.05) is 12.1 Å². The molecule has 0 radical (unpaired) electrons. The quantitative estimate of drug-likeness (QED) is 0.835. The van der Waals surface area contributed by atoms with Crippen LogP contribution in [-0.4, -0.2) is 28.6 Å². The minimum atomic E-state index is -0.943. The third-order valence-electron chi connectivity index (χ3n) is 3.22. The molecule has 0 saturated carbocycles. The fourth-order valence-corrected chi connectivity index (χ4v) is 2.15. The molecule has 2 rings (SSSR count). The summed E-state index contributed by atoms with van der Waals surface area (Å²) in [5.74, 6) is -1.77. The number of benzene rings is 1. The van der Waals surface area contributed by atoms with Crippen molar-refractivity contribution in [1.29, 1.82) is 0 Å². The van der Waals surface area contributed by atoms with Gasteiger partial charge < -0.3 is 15.1 Å². The highest BCUT2D eigenvalue weighted by Gasteiger charge is 2.35. The average Bonchev–Trinajstić information content (AvgIpc) is 2.72. The van der Waals surface area contributed by atoms with Crippen LogP contribution in [0, 0.1) is 12.8 Å². The predicted octanol–water partition coefficient (Wildman–Crippen LogP) is 0.925. The van der Waals surface area contributed by atoms with Crippen LogP contribution < -0.4 is 4.90 Å². The van der Waals surface area contributed by atoms with Crippen LogP contribution in [0.5, 0.6) is 0 Å². The Morgan fingerprint density at radius 1 is 1.50 bits per heavy atom. The summed E-state index contributed by atoms with van der Waals surface area (Å²) < 4.78 is 0. The van der Waals surface area contributed by atoms with Gasteiger partial charge in [0, 0.05) is 18.7 Å². The van der Waals surface area contributed by atoms with Crippen LogP contribution in [0.15, 0.2) is 18.2 Å². The highest BCUT2D eigenvalue weighted by atomic mass is 16.4. The number of aliphatic hydroxyl groups is 1. The highest BCUT2D eigenvalue weighted by molar-refractivity contribution is 5.99. The van der Waals surface area contributed by atoms with Crippen molar-refractivity contribution in [2.45, 2.75) is 20.0 Å². The van der Waals surface area contributed by atoms with Crippen molar-refractivity contribution in [3.8, 4) is 0 Å². The van der Waals surface area contributed by atoms with Gasteiger partial charge in [0.1, 0.15) is 0 Å². The standard InChI is InChI=1S/C13H15NO4/c1-8-2-3-9(7-15)4-11(8)14-6-10(13(17)18)5-12(14)16/h2-4,10,15H,5-7H2,1H3,(H,17,18). The lowest BCUT2D eigenvalue weighted by atomic mass is 10.1. The van der Waals surface area contributed by atoms with E-state index in [1.165, 1.54) is 4.90 Å². The summed E-state index contributed by atoms with van der Waals surface area (Å²) in [5, 5.41) is 18.1. The molecule has 1 heterocycles. The first-order valence-electron chi connectivity index (χ1n) is 5.76. The number of hydrogen-bond donors (Lipinski definition) is 2. The molecule has 1 aliphatic heterocycles. The summed E-state index contributed by atoms with van der Waals surface area (Å²) >= 11 is 0. The molecule has 1 aromatic rings. The number of amides is 1. The molecule has 1 fully saturated rings. The van der Waals surface area contributed by atoms with Crippen molar-refractivity contribution in [3.05, 3.63) is 29.3 Å². The first-order chi connectivity index (χ1) is 8.52. The molecule has 96 valence electrons. The zero-order valence-electron chi connectivity index (χ0n) is 10.1. The van der Waals surface area contributed by atoms with Gasteiger partial charge in [0.25, 0.3) is 0 Å². The molecule has 1 atom stereocenters. The van der Waals surface area contributed by atoms with Crippen LogP contribution in [-0.2, 0) is 16.2 Å². The molecule has 1 aliphatic rings. The average molecular weight is 249 g/mol. The number of hydrogen-bond acceptors (Lipinski definition) is 3. The first kappa shape index (κ1) is 12.6. The van der Waals surface area contributed by atoms with Gasteiger partial charge in [0.05, 0.1) is 12.5 Å². The van der Waals surface area contributed by atoms with E-state index in [0.29, 0.717) is 11.3 Å². The third kappa shape index (κ3) is 2.22. The maximum Gasteiger partial charge on any atom is 0.308 e. The van der Waals surface area contributed by atoms with Gasteiger partial charge in [-0.2, -0.15) is 0 Å². The number of carboxylic acid groups (broad SMARTS) is 1. The van der Waals surface area contributed by atoms with Crippen molar-refractivity contribution in [2.24, 2.45) is 5.92 Å². The van der Waals surface area contributed by atoms with Crippen molar-refractivity contribution in [1.82, 2.24) is 0 Å². The molecule has 5 nitrogen and oxygen atoms in total. The molecule has 18 heavy (non-hydrogen) atoms. The van der Waals surface area contributed by atoms with Gasteiger partial charge in [0.2, 0.25) is 5.91 Å². The Kier molecular flexibility index (Phi) is 3.34. The third-order valence-corrected chi connectivity index (χ3v) is 3.22. The van der Waals surface area contributed by atoms with E-state index in [9.17, 15) is 9.59 Å². The van der Waals surface area contributed by atoms with Crippen molar-refractivity contribution in [3.63, 3.8) is 0 Å². The second-order valence-corrected chi connectivity index (χ2v) is 4.52. The maximum atomic E-state index is 11.8. The number of anilines is 1. The zero-order valence-corrected chi connectivity index (χ0v) is 10.1. The van der Waals surface area contributed by atoms with E-state index in [0.717, 1.165) is 5.56 Å². The monoisotopic (exact) mass is 249 g/mol. The summed E-state index contributed by atoms with van der Waals surface area (Å²) in [6.45, 7) is 1.96. The lowest BCUT2D eigenvalue weighted by Gasteiger charge is -2.19. The minimum absolute atomic E-state index is 0.0398. The van der Waals surface area contributed by atoms with Crippen LogP contribution >= 0.6 is 0 Å². The SMILES string of the molecule is Cc1ccc(CO)cc1N1CC(C(=O)O)CC1=O. The maximum absolute atomic E-state index is 11.8. The predicted molar refractivity (Wildman–Crippen MR) is 65.2 cm³/mol. The molecule has 1 aromatic carbocycles. The van der Waals surface area contributed by atoms with Crippen LogP contribution in [0.2, 0.25) is 0 Å². The number of aliphatic hydroxyl groups excluding tert-OH is 1. The van der Waals surface area contributed by atoms with Gasteiger partial charge in [-0.25, -0.2) is 0 Å². The lowest BCUT2D eigenvalue weighted by Crippen LogP contribution is -2.26. The van der Waals surface area contributed by atoms with Crippen molar-refractivity contribution in [2.75, 3.05) is 11.4 Å². The minimum Gasteiger partial charge on any atom is -0.481 e. The second-order valence-electron chi connectivity index (χ2n) is 4.52. The van der Waals surface area contributed by atoms with Gasteiger partial charge in [0.15, 0.2) is 0 Å². The fraction of sp³-hybridized carbons (Fsp3) is 0.385. The summed E-state index contributed by atoms with van der Waals surface area (Å²) in [6, 6.07) is 5.34. The van der Waals surface area contributed by atoms with Crippen LogP contribution in [0.25, 0.3) is 0 Å². The van der Waals surface area contributed by atoms with E-state index in [1.54, 1.807) is 12.1 Å². The Hall–Kier alpha value is -1.88. The second kappa shape index (κ2) is 4.78. The molecular weight excluding hydrogens is 234 g/mol.